The van der Waals surface area contributed by atoms with Gasteiger partial charge in [-0.3, -0.25) is 4.90 Å². The summed E-state index contributed by atoms with van der Waals surface area (Å²) in [6.07, 6.45) is 10.1. The van der Waals surface area contributed by atoms with Gasteiger partial charge in [0.2, 0.25) is 0 Å². The summed E-state index contributed by atoms with van der Waals surface area (Å²) in [4.78, 5) is 2.66. The van der Waals surface area contributed by atoms with Gasteiger partial charge in [0.05, 0.1) is 0 Å². The van der Waals surface area contributed by atoms with Crippen LogP contribution >= 0.6 is 0 Å². The third kappa shape index (κ3) is 2.95. The van der Waals surface area contributed by atoms with E-state index in [-0.39, 0.29) is 0 Å². The quantitative estimate of drug-likeness (QED) is 0.775. The fourth-order valence-electron chi connectivity index (χ4n) is 3.59. The minimum Gasteiger partial charge on any atom is -0.299 e. The van der Waals surface area contributed by atoms with E-state index in [1.54, 1.807) is 11.1 Å². The lowest BCUT2D eigenvalue weighted by Gasteiger charge is -2.31. The van der Waals surface area contributed by atoms with Crippen molar-refractivity contribution in [3.8, 4) is 0 Å². The average Bonchev–Trinajstić information content (AvgIpc) is 2.46. The summed E-state index contributed by atoms with van der Waals surface area (Å²) in [7, 11) is 0. The highest BCUT2D eigenvalue weighted by molar-refractivity contribution is 5.28. The Morgan fingerprint density at radius 1 is 1.00 bits per heavy atom. The molecule has 1 heterocycles. The SMILES string of the molecule is c1ccc2c(c1)CCN(CCC1CCCCC1)C2. The van der Waals surface area contributed by atoms with Crippen LogP contribution in [-0.4, -0.2) is 18.0 Å². The van der Waals surface area contributed by atoms with Gasteiger partial charge in [0.25, 0.3) is 0 Å². The average molecular weight is 243 g/mol. The molecule has 0 spiro atoms. The first-order valence-corrected chi connectivity index (χ1v) is 7.71. The zero-order chi connectivity index (χ0) is 12.2. The maximum Gasteiger partial charge on any atom is 0.0236 e. The molecule has 3 rings (SSSR count). The normalized spacial score (nSPS) is 21.8. The summed E-state index contributed by atoms with van der Waals surface area (Å²) in [5, 5.41) is 0. The Bertz CT molecular complexity index is 379. The molecule has 0 bridgehead atoms. The molecule has 1 aliphatic carbocycles. The highest BCUT2D eigenvalue weighted by atomic mass is 15.1. The van der Waals surface area contributed by atoms with Crippen LogP contribution < -0.4 is 0 Å². The molecule has 0 amide bonds. The zero-order valence-electron chi connectivity index (χ0n) is 11.4. The molecule has 1 aliphatic heterocycles. The maximum atomic E-state index is 2.66. The number of fused-ring (bicyclic) bond motifs is 1. The van der Waals surface area contributed by atoms with Crippen molar-refractivity contribution in [3.63, 3.8) is 0 Å². The molecule has 0 unspecified atom stereocenters. The topological polar surface area (TPSA) is 3.24 Å². The summed E-state index contributed by atoms with van der Waals surface area (Å²) in [6.45, 7) is 3.77. The first-order valence-electron chi connectivity index (χ1n) is 7.71. The highest BCUT2D eigenvalue weighted by Crippen LogP contribution is 2.27. The largest absolute Gasteiger partial charge is 0.299 e. The van der Waals surface area contributed by atoms with E-state index >= 15 is 0 Å². The maximum absolute atomic E-state index is 2.66. The Morgan fingerprint density at radius 3 is 2.61 bits per heavy atom. The molecule has 0 aromatic heterocycles. The van der Waals surface area contributed by atoms with E-state index in [4.69, 9.17) is 0 Å². The van der Waals surface area contributed by atoms with Gasteiger partial charge in [-0.25, -0.2) is 0 Å². The number of rotatable bonds is 3. The van der Waals surface area contributed by atoms with Crippen molar-refractivity contribution >= 4 is 0 Å². The minimum atomic E-state index is 1.02. The number of nitrogens with zero attached hydrogens (tertiary/aromatic N) is 1. The van der Waals surface area contributed by atoms with Crippen LogP contribution in [0.2, 0.25) is 0 Å². The lowest BCUT2D eigenvalue weighted by Crippen LogP contribution is -2.32. The van der Waals surface area contributed by atoms with E-state index in [1.165, 1.54) is 64.6 Å². The van der Waals surface area contributed by atoms with Gasteiger partial charge in [0.15, 0.2) is 0 Å². The van der Waals surface area contributed by atoms with Gasteiger partial charge in [-0.05, 0) is 36.4 Å². The van der Waals surface area contributed by atoms with Gasteiger partial charge in [0, 0.05) is 13.1 Å². The van der Waals surface area contributed by atoms with Gasteiger partial charge >= 0.3 is 0 Å². The number of hydrogen-bond acceptors (Lipinski definition) is 1. The summed E-state index contributed by atoms with van der Waals surface area (Å²) in [5.41, 5.74) is 3.14. The van der Waals surface area contributed by atoms with Crippen LogP contribution in [0, 0.1) is 5.92 Å². The second kappa shape index (κ2) is 5.88. The van der Waals surface area contributed by atoms with Crippen LogP contribution in [0.1, 0.15) is 49.7 Å². The van der Waals surface area contributed by atoms with Crippen molar-refractivity contribution in [3.05, 3.63) is 35.4 Å². The predicted octanol–water partition coefficient (Wildman–Crippen LogP) is 4.02. The smallest absolute Gasteiger partial charge is 0.0236 e. The van der Waals surface area contributed by atoms with E-state index in [0.717, 1.165) is 5.92 Å². The van der Waals surface area contributed by atoms with Crippen molar-refractivity contribution in [2.24, 2.45) is 5.92 Å². The van der Waals surface area contributed by atoms with E-state index in [9.17, 15) is 0 Å². The van der Waals surface area contributed by atoms with Gasteiger partial charge in [-0.1, -0.05) is 56.4 Å². The van der Waals surface area contributed by atoms with Crippen LogP contribution in [-0.2, 0) is 13.0 Å². The Balaban J connectivity index is 1.50. The zero-order valence-corrected chi connectivity index (χ0v) is 11.4. The second-order valence-electron chi connectivity index (χ2n) is 6.09. The molecular weight excluding hydrogens is 218 g/mol. The van der Waals surface area contributed by atoms with Gasteiger partial charge in [0.1, 0.15) is 0 Å². The monoisotopic (exact) mass is 243 g/mol. The first-order chi connectivity index (χ1) is 8.92. The fraction of sp³-hybridized carbons (Fsp3) is 0.647. The van der Waals surface area contributed by atoms with Crippen LogP contribution in [0.5, 0.6) is 0 Å². The number of hydrogen-bond donors (Lipinski definition) is 0. The molecule has 2 aliphatic rings. The minimum absolute atomic E-state index is 1.02. The van der Waals surface area contributed by atoms with Crippen molar-refractivity contribution in [1.82, 2.24) is 4.90 Å². The summed E-state index contributed by atoms with van der Waals surface area (Å²) in [6, 6.07) is 8.97. The molecule has 0 atom stereocenters. The molecule has 18 heavy (non-hydrogen) atoms. The van der Waals surface area contributed by atoms with E-state index in [2.05, 4.69) is 29.2 Å². The van der Waals surface area contributed by atoms with Crippen LogP contribution in [0.3, 0.4) is 0 Å². The van der Waals surface area contributed by atoms with Gasteiger partial charge in [-0.2, -0.15) is 0 Å². The molecule has 0 N–H and O–H groups in total. The van der Waals surface area contributed by atoms with Crippen molar-refractivity contribution in [2.45, 2.75) is 51.5 Å². The van der Waals surface area contributed by atoms with E-state index in [0.29, 0.717) is 0 Å². The number of benzene rings is 1. The molecule has 1 saturated carbocycles. The molecule has 98 valence electrons. The Kier molecular flexibility index (Phi) is 3.99. The molecule has 1 fully saturated rings. The molecule has 0 radical (unpaired) electrons. The molecule has 1 aromatic carbocycles. The van der Waals surface area contributed by atoms with Crippen molar-refractivity contribution in [2.75, 3.05) is 13.1 Å². The van der Waals surface area contributed by atoms with Gasteiger partial charge < -0.3 is 0 Å². The Hall–Kier alpha value is -0.820. The van der Waals surface area contributed by atoms with E-state index < -0.39 is 0 Å². The Labute approximate surface area is 111 Å². The summed E-state index contributed by atoms with van der Waals surface area (Å²) in [5.74, 6) is 1.02. The summed E-state index contributed by atoms with van der Waals surface area (Å²) < 4.78 is 0. The van der Waals surface area contributed by atoms with Crippen LogP contribution in [0.25, 0.3) is 0 Å². The third-order valence-electron chi connectivity index (χ3n) is 4.79. The van der Waals surface area contributed by atoms with Crippen LogP contribution in [0.15, 0.2) is 24.3 Å². The third-order valence-corrected chi connectivity index (χ3v) is 4.79. The molecule has 1 nitrogen and oxygen atoms in total. The van der Waals surface area contributed by atoms with Crippen molar-refractivity contribution < 1.29 is 0 Å². The molecule has 1 aromatic rings. The lowest BCUT2D eigenvalue weighted by atomic mass is 9.86. The standard InChI is InChI=1S/C17H25N/c1-2-6-15(7-3-1)10-12-18-13-11-16-8-4-5-9-17(16)14-18/h4-5,8-9,15H,1-3,6-7,10-14H2. The molecule has 1 heteroatoms. The first kappa shape index (κ1) is 12.2. The van der Waals surface area contributed by atoms with Crippen molar-refractivity contribution in [1.29, 1.82) is 0 Å². The second-order valence-corrected chi connectivity index (χ2v) is 6.09. The fourth-order valence-corrected chi connectivity index (χ4v) is 3.59. The summed E-state index contributed by atoms with van der Waals surface area (Å²) >= 11 is 0. The predicted molar refractivity (Wildman–Crippen MR) is 76.6 cm³/mol. The van der Waals surface area contributed by atoms with Gasteiger partial charge in [-0.15, -0.1) is 0 Å². The highest BCUT2D eigenvalue weighted by Gasteiger charge is 2.18. The van der Waals surface area contributed by atoms with E-state index in [1.807, 2.05) is 0 Å². The molecule has 0 saturated heterocycles. The Morgan fingerprint density at radius 2 is 1.78 bits per heavy atom. The lowest BCUT2D eigenvalue weighted by molar-refractivity contribution is 0.217. The van der Waals surface area contributed by atoms with Crippen LogP contribution in [0.4, 0.5) is 0 Å². The molecular formula is C17H25N.